The highest BCUT2D eigenvalue weighted by atomic mass is 35.5. The van der Waals surface area contributed by atoms with Gasteiger partial charge < -0.3 is 5.32 Å². The van der Waals surface area contributed by atoms with Crippen LogP contribution >= 0.6 is 11.6 Å². The highest BCUT2D eigenvalue weighted by molar-refractivity contribution is 7.92. The quantitative estimate of drug-likeness (QED) is 0.539. The van der Waals surface area contributed by atoms with E-state index in [1.165, 1.54) is 22.0 Å². The molecule has 0 radical (unpaired) electrons. The van der Waals surface area contributed by atoms with Gasteiger partial charge in [0, 0.05) is 23.2 Å². The second-order valence-corrected chi connectivity index (χ2v) is 10.3. The highest BCUT2D eigenvalue weighted by Crippen LogP contribution is 2.34. The first-order valence-electron chi connectivity index (χ1n) is 10.6. The molecule has 0 bridgehead atoms. The van der Waals surface area contributed by atoms with Crippen molar-refractivity contribution in [2.75, 3.05) is 10.8 Å². The zero-order valence-corrected chi connectivity index (χ0v) is 19.4. The molecule has 0 fully saturated rings. The van der Waals surface area contributed by atoms with Crippen molar-refractivity contribution >= 4 is 33.2 Å². The average molecular weight is 469 g/mol. The lowest BCUT2D eigenvalue weighted by atomic mass is 10.0. The van der Waals surface area contributed by atoms with E-state index >= 15 is 0 Å². The number of carbonyl (C=O) groups is 1. The van der Waals surface area contributed by atoms with Crippen molar-refractivity contribution in [3.63, 3.8) is 0 Å². The van der Waals surface area contributed by atoms with Gasteiger partial charge in [-0.25, -0.2) is 8.42 Å². The Kier molecular flexibility index (Phi) is 6.53. The number of nitrogens with zero attached hydrogens (tertiary/aromatic N) is 1. The molecule has 1 atom stereocenters. The number of sulfonamides is 1. The van der Waals surface area contributed by atoms with Gasteiger partial charge in [-0.15, -0.1) is 0 Å². The number of amides is 1. The summed E-state index contributed by atoms with van der Waals surface area (Å²) in [4.78, 5) is 12.9. The predicted molar refractivity (Wildman–Crippen MR) is 128 cm³/mol. The van der Waals surface area contributed by atoms with Crippen LogP contribution in [-0.2, 0) is 22.9 Å². The number of rotatable bonds is 7. The van der Waals surface area contributed by atoms with Crippen LogP contribution in [0.4, 0.5) is 5.69 Å². The van der Waals surface area contributed by atoms with Crippen molar-refractivity contribution in [1.82, 2.24) is 5.32 Å². The summed E-state index contributed by atoms with van der Waals surface area (Å²) in [6.07, 6.45) is 2.30. The van der Waals surface area contributed by atoms with Crippen molar-refractivity contribution in [2.45, 2.75) is 37.1 Å². The van der Waals surface area contributed by atoms with E-state index in [0.717, 1.165) is 18.4 Å². The van der Waals surface area contributed by atoms with Gasteiger partial charge in [-0.05, 0) is 79.8 Å². The number of aryl methyl sites for hydroxylation is 1. The van der Waals surface area contributed by atoms with E-state index in [2.05, 4.69) is 17.4 Å². The number of halogens is 1. The van der Waals surface area contributed by atoms with Crippen LogP contribution in [0.1, 0.15) is 34.8 Å². The maximum Gasteiger partial charge on any atom is 0.264 e. The lowest BCUT2D eigenvalue weighted by Gasteiger charge is -2.20. The molecule has 1 amide bonds. The molecular weight excluding hydrogens is 444 g/mol. The van der Waals surface area contributed by atoms with Gasteiger partial charge >= 0.3 is 0 Å². The number of nitrogens with one attached hydrogen (secondary N) is 1. The number of anilines is 1. The van der Waals surface area contributed by atoms with Crippen LogP contribution in [-0.4, -0.2) is 26.9 Å². The molecule has 1 heterocycles. The molecule has 5 nitrogen and oxygen atoms in total. The molecule has 0 spiro atoms. The molecule has 32 heavy (non-hydrogen) atoms. The van der Waals surface area contributed by atoms with Crippen LogP contribution in [0.5, 0.6) is 0 Å². The van der Waals surface area contributed by atoms with Crippen molar-refractivity contribution in [1.29, 1.82) is 0 Å². The molecule has 0 aromatic heterocycles. The van der Waals surface area contributed by atoms with Crippen molar-refractivity contribution in [2.24, 2.45) is 0 Å². The fourth-order valence-electron chi connectivity index (χ4n) is 3.90. The maximum absolute atomic E-state index is 13.1. The predicted octanol–water partition coefficient (Wildman–Crippen LogP) is 4.84. The Hall–Kier alpha value is -2.83. The topological polar surface area (TPSA) is 66.5 Å². The van der Waals surface area contributed by atoms with E-state index in [4.69, 9.17) is 11.6 Å². The van der Waals surface area contributed by atoms with Gasteiger partial charge in [-0.3, -0.25) is 9.10 Å². The van der Waals surface area contributed by atoms with Gasteiger partial charge in [0.1, 0.15) is 0 Å². The number of benzene rings is 3. The Morgan fingerprint density at radius 2 is 1.78 bits per heavy atom. The second-order valence-electron chi connectivity index (χ2n) is 8.02. The van der Waals surface area contributed by atoms with Crippen molar-refractivity contribution < 1.29 is 13.2 Å². The first-order chi connectivity index (χ1) is 15.3. The third kappa shape index (κ3) is 4.81. The molecule has 3 aromatic carbocycles. The van der Waals surface area contributed by atoms with Gasteiger partial charge in [0.05, 0.1) is 10.6 Å². The van der Waals surface area contributed by atoms with Crippen LogP contribution in [0.3, 0.4) is 0 Å². The maximum atomic E-state index is 13.1. The molecule has 0 saturated heterocycles. The largest absolute Gasteiger partial charge is 0.350 e. The Morgan fingerprint density at radius 1 is 1.06 bits per heavy atom. The van der Waals surface area contributed by atoms with E-state index in [9.17, 15) is 13.2 Å². The molecule has 4 rings (SSSR count). The zero-order valence-electron chi connectivity index (χ0n) is 17.8. The lowest BCUT2D eigenvalue weighted by molar-refractivity contribution is 0.0938. The minimum atomic E-state index is -3.68. The molecule has 3 aromatic rings. The van der Waals surface area contributed by atoms with Gasteiger partial charge in [0.25, 0.3) is 15.9 Å². The van der Waals surface area contributed by atoms with Crippen LogP contribution < -0.4 is 9.62 Å². The summed E-state index contributed by atoms with van der Waals surface area (Å²) in [5, 5.41) is 3.53. The monoisotopic (exact) mass is 468 g/mol. The first-order valence-corrected chi connectivity index (χ1v) is 12.4. The summed E-state index contributed by atoms with van der Waals surface area (Å²) in [6.45, 7) is 2.34. The molecule has 0 saturated carbocycles. The van der Waals surface area contributed by atoms with Gasteiger partial charge in [0.2, 0.25) is 0 Å². The standard InChI is InChI=1S/C25H25ClN2O3S/c1-18(7-8-19-5-3-2-4-6-19)27-25(29)21-9-14-24-20(17-21)15-16-28(24)32(30,31)23-12-10-22(26)11-13-23/h2-6,9-14,17-18H,7-8,15-16H2,1H3,(H,27,29)/t18-/m1/s1. The molecule has 0 unspecified atom stereocenters. The molecule has 7 heteroatoms. The third-order valence-electron chi connectivity index (χ3n) is 5.68. The molecule has 1 aliphatic rings. The molecule has 1 N–H and O–H groups in total. The highest BCUT2D eigenvalue weighted by Gasteiger charge is 2.31. The fourth-order valence-corrected chi connectivity index (χ4v) is 5.53. The van der Waals surface area contributed by atoms with Crippen molar-refractivity contribution in [3.8, 4) is 0 Å². The molecule has 0 aliphatic carbocycles. The van der Waals surface area contributed by atoms with Gasteiger partial charge in [0.15, 0.2) is 0 Å². The van der Waals surface area contributed by atoms with E-state index in [0.29, 0.717) is 29.2 Å². The minimum Gasteiger partial charge on any atom is -0.350 e. The van der Waals surface area contributed by atoms with Crippen LogP contribution in [0, 0.1) is 0 Å². The SMILES string of the molecule is C[C@H](CCc1ccccc1)NC(=O)c1ccc2c(c1)CCN2S(=O)(=O)c1ccc(Cl)cc1. The van der Waals surface area contributed by atoms with E-state index in [1.54, 1.807) is 30.3 Å². The molecule has 166 valence electrons. The first kappa shape index (κ1) is 22.4. The lowest BCUT2D eigenvalue weighted by Crippen LogP contribution is -2.33. The smallest absolute Gasteiger partial charge is 0.264 e. The van der Waals surface area contributed by atoms with Gasteiger partial charge in [-0.2, -0.15) is 0 Å². The van der Waals surface area contributed by atoms with Crippen molar-refractivity contribution in [3.05, 3.63) is 94.5 Å². The summed E-state index contributed by atoms with van der Waals surface area (Å²) in [5.41, 5.74) is 3.26. The number of hydrogen-bond acceptors (Lipinski definition) is 3. The van der Waals surface area contributed by atoms with Crippen LogP contribution in [0.2, 0.25) is 5.02 Å². The van der Waals surface area contributed by atoms with E-state index in [-0.39, 0.29) is 16.8 Å². The van der Waals surface area contributed by atoms with Crippen LogP contribution in [0.25, 0.3) is 0 Å². The summed E-state index contributed by atoms with van der Waals surface area (Å²) < 4.78 is 27.5. The normalized spacial score (nSPS) is 14.1. The average Bonchev–Trinajstić information content (AvgIpc) is 3.23. The third-order valence-corrected chi connectivity index (χ3v) is 7.76. The number of hydrogen-bond donors (Lipinski definition) is 1. The minimum absolute atomic E-state index is 0.0257. The Morgan fingerprint density at radius 3 is 2.50 bits per heavy atom. The van der Waals surface area contributed by atoms with E-state index in [1.807, 2.05) is 25.1 Å². The molecule has 1 aliphatic heterocycles. The van der Waals surface area contributed by atoms with E-state index < -0.39 is 10.0 Å². The summed E-state index contributed by atoms with van der Waals surface area (Å²) in [5.74, 6) is -0.146. The fraction of sp³-hybridized carbons (Fsp3) is 0.240. The zero-order chi connectivity index (χ0) is 22.7. The second kappa shape index (κ2) is 9.35. The summed E-state index contributed by atoms with van der Waals surface area (Å²) in [7, 11) is -3.68. The summed E-state index contributed by atoms with van der Waals surface area (Å²) in [6, 6.07) is 21.6. The Labute approximate surface area is 194 Å². The Balaban J connectivity index is 1.44. The summed E-state index contributed by atoms with van der Waals surface area (Å²) >= 11 is 5.89. The van der Waals surface area contributed by atoms with Crippen LogP contribution in [0.15, 0.2) is 77.7 Å². The number of fused-ring (bicyclic) bond motifs is 1. The molecular formula is C25H25ClN2O3S. The number of carbonyl (C=O) groups excluding carboxylic acids is 1. The van der Waals surface area contributed by atoms with Gasteiger partial charge in [-0.1, -0.05) is 41.9 Å². The Bertz CT molecular complexity index is 1210.